The van der Waals surface area contributed by atoms with Gasteiger partial charge in [-0.15, -0.1) is 10.2 Å². The van der Waals surface area contributed by atoms with Crippen molar-refractivity contribution in [3.05, 3.63) is 24.3 Å². The zero-order chi connectivity index (χ0) is 20.9. The number of rotatable bonds is 6. The quantitative estimate of drug-likeness (QED) is 0.716. The van der Waals surface area contributed by atoms with Crippen molar-refractivity contribution in [2.75, 3.05) is 12.9 Å². The Labute approximate surface area is 169 Å². The summed E-state index contributed by atoms with van der Waals surface area (Å²) in [7, 11) is 1.62. The van der Waals surface area contributed by atoms with E-state index < -0.39 is 17.5 Å². The Morgan fingerprint density at radius 3 is 2.36 bits per heavy atom. The number of methoxy groups -OCH3 is 1. The van der Waals surface area contributed by atoms with Gasteiger partial charge in [-0.25, -0.2) is 4.79 Å². The maximum absolute atomic E-state index is 12.1. The molecule has 0 aliphatic heterocycles. The molecule has 1 aromatic heterocycles. The van der Waals surface area contributed by atoms with Crippen molar-refractivity contribution in [3.8, 4) is 17.1 Å². The molecule has 28 heavy (non-hydrogen) atoms. The summed E-state index contributed by atoms with van der Waals surface area (Å²) < 4.78 is 7.16. The zero-order valence-electron chi connectivity index (χ0n) is 17.1. The van der Waals surface area contributed by atoms with Crippen LogP contribution in [0.3, 0.4) is 0 Å². The maximum atomic E-state index is 12.1. The van der Waals surface area contributed by atoms with Gasteiger partial charge in [-0.3, -0.25) is 14.7 Å². The van der Waals surface area contributed by atoms with E-state index in [0.29, 0.717) is 11.0 Å². The summed E-state index contributed by atoms with van der Waals surface area (Å²) in [6, 6.07) is 7.15. The minimum absolute atomic E-state index is 0.0605. The first kappa shape index (κ1) is 21.7. The molecule has 1 aromatic carbocycles. The van der Waals surface area contributed by atoms with E-state index in [-0.39, 0.29) is 11.8 Å². The Balaban J connectivity index is 2.08. The first-order valence-corrected chi connectivity index (χ1v) is 9.93. The molecule has 8 nitrogen and oxygen atoms in total. The Morgan fingerprint density at radius 1 is 1.18 bits per heavy atom. The van der Waals surface area contributed by atoms with Crippen molar-refractivity contribution >= 4 is 23.7 Å². The molecule has 0 radical (unpaired) electrons. The third kappa shape index (κ3) is 5.98. The number of carbonyl (C=O) groups is 2. The lowest BCUT2D eigenvalue weighted by Gasteiger charge is -2.20. The standard InChI is InChI=1S/C19H27N5O3S/c1-12(2)24-16(13-7-9-14(27-6)10-8-13)22-23-18(24)28-11-15(25)20-17(26)21-19(3,4)5/h7-10,12H,11H2,1-6H3,(H2,20,21,25,26). The lowest BCUT2D eigenvalue weighted by molar-refractivity contribution is -0.117. The third-order valence-electron chi connectivity index (χ3n) is 3.60. The second-order valence-electron chi connectivity index (χ2n) is 7.54. The third-order valence-corrected chi connectivity index (χ3v) is 4.55. The fourth-order valence-electron chi connectivity index (χ4n) is 2.44. The molecule has 0 aliphatic rings. The molecule has 0 unspecified atom stereocenters. The summed E-state index contributed by atoms with van der Waals surface area (Å²) in [5.74, 6) is 1.15. The van der Waals surface area contributed by atoms with E-state index in [1.165, 1.54) is 11.8 Å². The highest BCUT2D eigenvalue weighted by Crippen LogP contribution is 2.28. The van der Waals surface area contributed by atoms with Crippen molar-refractivity contribution in [1.29, 1.82) is 0 Å². The van der Waals surface area contributed by atoms with Crippen LogP contribution >= 0.6 is 11.8 Å². The first-order chi connectivity index (χ1) is 13.1. The number of nitrogens with zero attached hydrogens (tertiary/aromatic N) is 3. The van der Waals surface area contributed by atoms with Crippen LogP contribution in [0.4, 0.5) is 4.79 Å². The van der Waals surface area contributed by atoms with Gasteiger partial charge in [0.1, 0.15) is 5.75 Å². The normalized spacial score (nSPS) is 11.4. The number of urea groups is 1. The molecule has 1 heterocycles. The number of thioether (sulfide) groups is 1. The minimum Gasteiger partial charge on any atom is -0.497 e. The Morgan fingerprint density at radius 2 is 1.82 bits per heavy atom. The molecule has 2 aromatic rings. The van der Waals surface area contributed by atoms with Crippen LogP contribution in [0.15, 0.2) is 29.4 Å². The second-order valence-corrected chi connectivity index (χ2v) is 8.48. The number of hydrogen-bond acceptors (Lipinski definition) is 6. The summed E-state index contributed by atoms with van der Waals surface area (Å²) in [4.78, 5) is 23.9. The summed E-state index contributed by atoms with van der Waals surface area (Å²) in [5.41, 5.74) is 0.491. The van der Waals surface area contributed by atoms with Gasteiger partial charge < -0.3 is 10.1 Å². The number of hydrogen-bond donors (Lipinski definition) is 2. The molecule has 2 N–H and O–H groups in total. The molecule has 0 fully saturated rings. The van der Waals surface area contributed by atoms with Crippen LogP contribution in [0.5, 0.6) is 5.75 Å². The van der Waals surface area contributed by atoms with E-state index in [0.717, 1.165) is 11.3 Å². The van der Waals surface area contributed by atoms with Gasteiger partial charge in [-0.2, -0.15) is 0 Å². The fraction of sp³-hybridized carbons (Fsp3) is 0.474. The van der Waals surface area contributed by atoms with Crippen LogP contribution in [0.25, 0.3) is 11.4 Å². The zero-order valence-corrected chi connectivity index (χ0v) is 17.9. The Kier molecular flexibility index (Phi) is 7.06. The highest BCUT2D eigenvalue weighted by atomic mass is 32.2. The smallest absolute Gasteiger partial charge is 0.321 e. The molecular weight excluding hydrogens is 378 g/mol. The minimum atomic E-state index is -0.512. The van der Waals surface area contributed by atoms with Crippen LogP contribution in [0.2, 0.25) is 0 Å². The first-order valence-electron chi connectivity index (χ1n) is 8.95. The topological polar surface area (TPSA) is 98.1 Å². The number of imide groups is 1. The summed E-state index contributed by atoms with van der Waals surface area (Å²) >= 11 is 1.24. The Hall–Kier alpha value is -2.55. The average Bonchev–Trinajstić information content (AvgIpc) is 3.02. The van der Waals surface area contributed by atoms with Gasteiger partial charge >= 0.3 is 6.03 Å². The molecule has 3 amide bonds. The molecule has 2 rings (SSSR count). The predicted octanol–water partition coefficient (Wildman–Crippen LogP) is 3.25. The molecule has 0 aliphatic carbocycles. The summed E-state index contributed by atoms with van der Waals surface area (Å²) in [6.45, 7) is 9.58. The molecular formula is C19H27N5O3S. The van der Waals surface area contributed by atoms with Gasteiger partial charge in [0.15, 0.2) is 11.0 Å². The maximum Gasteiger partial charge on any atom is 0.321 e. The summed E-state index contributed by atoms with van der Waals surface area (Å²) in [5, 5.41) is 14.2. The van der Waals surface area contributed by atoms with Crippen molar-refractivity contribution in [1.82, 2.24) is 25.4 Å². The van der Waals surface area contributed by atoms with E-state index in [1.807, 2.05) is 63.5 Å². The molecule has 0 bridgehead atoms. The lowest BCUT2D eigenvalue weighted by atomic mass is 10.1. The van der Waals surface area contributed by atoms with E-state index >= 15 is 0 Å². The van der Waals surface area contributed by atoms with E-state index in [2.05, 4.69) is 20.8 Å². The molecule has 0 saturated carbocycles. The van der Waals surface area contributed by atoms with Crippen LogP contribution < -0.4 is 15.4 Å². The van der Waals surface area contributed by atoms with E-state index in [4.69, 9.17) is 4.74 Å². The monoisotopic (exact) mass is 405 g/mol. The van der Waals surface area contributed by atoms with Gasteiger partial charge in [-0.05, 0) is 58.9 Å². The van der Waals surface area contributed by atoms with Crippen LogP contribution in [0.1, 0.15) is 40.7 Å². The van der Waals surface area contributed by atoms with Crippen LogP contribution in [0, 0.1) is 0 Å². The number of carbonyl (C=O) groups excluding carboxylic acids is 2. The van der Waals surface area contributed by atoms with Crippen LogP contribution in [-0.2, 0) is 4.79 Å². The van der Waals surface area contributed by atoms with Gasteiger partial charge in [0.05, 0.1) is 12.9 Å². The fourth-order valence-corrected chi connectivity index (χ4v) is 3.31. The number of nitrogens with one attached hydrogen (secondary N) is 2. The van der Waals surface area contributed by atoms with Crippen LogP contribution in [-0.4, -0.2) is 45.1 Å². The number of benzene rings is 1. The van der Waals surface area contributed by atoms with Crippen molar-refractivity contribution in [2.24, 2.45) is 0 Å². The highest BCUT2D eigenvalue weighted by molar-refractivity contribution is 7.99. The van der Waals surface area contributed by atoms with E-state index in [1.54, 1.807) is 7.11 Å². The van der Waals surface area contributed by atoms with Crippen molar-refractivity contribution in [2.45, 2.75) is 51.4 Å². The highest BCUT2D eigenvalue weighted by Gasteiger charge is 2.19. The van der Waals surface area contributed by atoms with Gasteiger partial charge in [0, 0.05) is 17.1 Å². The van der Waals surface area contributed by atoms with Gasteiger partial charge in [0.2, 0.25) is 5.91 Å². The largest absolute Gasteiger partial charge is 0.497 e. The number of ether oxygens (including phenoxy) is 1. The average molecular weight is 406 g/mol. The summed E-state index contributed by atoms with van der Waals surface area (Å²) in [6.07, 6.45) is 0. The van der Waals surface area contributed by atoms with Crippen molar-refractivity contribution in [3.63, 3.8) is 0 Å². The number of amides is 3. The number of aromatic nitrogens is 3. The Bertz CT molecular complexity index is 825. The lowest BCUT2D eigenvalue weighted by Crippen LogP contribution is -2.48. The van der Waals surface area contributed by atoms with Gasteiger partial charge in [-0.1, -0.05) is 11.8 Å². The van der Waals surface area contributed by atoms with E-state index in [9.17, 15) is 9.59 Å². The molecule has 0 spiro atoms. The molecule has 9 heteroatoms. The van der Waals surface area contributed by atoms with Gasteiger partial charge in [0.25, 0.3) is 0 Å². The second kappa shape index (κ2) is 9.09. The van der Waals surface area contributed by atoms with Crippen molar-refractivity contribution < 1.29 is 14.3 Å². The molecule has 0 atom stereocenters. The molecule has 0 saturated heterocycles. The molecule has 152 valence electrons. The SMILES string of the molecule is COc1ccc(-c2nnc(SCC(=O)NC(=O)NC(C)(C)C)n2C(C)C)cc1. The predicted molar refractivity (Wildman–Crippen MR) is 110 cm³/mol.